The number of unbranched alkanes of at least 4 members (excludes halogenated alkanes) is 11. The van der Waals surface area contributed by atoms with Gasteiger partial charge in [-0.1, -0.05) is 108 Å². The number of rotatable bonds is 15. The van der Waals surface area contributed by atoms with E-state index in [-0.39, 0.29) is 29.7 Å². The minimum atomic E-state index is -0.0625. The average Bonchev–Trinajstić information content (AvgIpc) is 3.22. The predicted molar refractivity (Wildman–Crippen MR) is 130 cm³/mol. The van der Waals surface area contributed by atoms with E-state index in [9.17, 15) is 4.79 Å². The maximum Gasteiger partial charge on any atom is 0.238 e. The molecule has 1 heterocycles. The van der Waals surface area contributed by atoms with Gasteiger partial charge < -0.3 is 5.32 Å². The third-order valence-corrected chi connectivity index (χ3v) is 6.80. The lowest BCUT2D eigenvalue weighted by atomic mass is 10.1. The highest BCUT2D eigenvalue weighted by Gasteiger charge is 2.30. The first-order chi connectivity index (χ1) is 13.8. The fourth-order valence-corrected chi connectivity index (χ4v) is 4.99. The Balaban J connectivity index is 0.00000420. The number of carbonyl (C=O) groups excluding carboxylic acids is 1. The number of nitrogens with one attached hydrogen (secondary N) is 2. The molecule has 0 radical (unpaired) electrons. The molecule has 1 aromatic rings. The van der Waals surface area contributed by atoms with Crippen molar-refractivity contribution in [2.45, 2.75) is 95.4 Å². The van der Waals surface area contributed by atoms with Crippen molar-refractivity contribution in [2.75, 3.05) is 12.3 Å². The van der Waals surface area contributed by atoms with Crippen LogP contribution >= 0.6 is 24.2 Å². The van der Waals surface area contributed by atoms with Crippen LogP contribution in [0.2, 0.25) is 0 Å². The number of thioether (sulfide) groups is 1. The molecular formula is C24H41ClN2OS. The van der Waals surface area contributed by atoms with E-state index in [1.807, 2.05) is 17.8 Å². The molecule has 0 aromatic heterocycles. The van der Waals surface area contributed by atoms with Crippen LogP contribution in [0.5, 0.6) is 0 Å². The van der Waals surface area contributed by atoms with Gasteiger partial charge in [0.15, 0.2) is 0 Å². The van der Waals surface area contributed by atoms with E-state index in [1.54, 1.807) is 0 Å². The van der Waals surface area contributed by atoms with Crippen LogP contribution in [-0.4, -0.2) is 24.2 Å². The zero-order valence-corrected chi connectivity index (χ0v) is 19.8. The lowest BCUT2D eigenvalue weighted by molar-refractivity contribution is -0.122. The fraction of sp³-hybridized carbons (Fsp3) is 0.708. The molecule has 5 heteroatoms. The molecule has 3 nitrogen and oxygen atoms in total. The molecule has 166 valence electrons. The van der Waals surface area contributed by atoms with Gasteiger partial charge >= 0.3 is 0 Å². The number of halogens is 1. The Morgan fingerprint density at radius 3 is 2.07 bits per heavy atom. The first kappa shape index (κ1) is 26.3. The van der Waals surface area contributed by atoms with Crippen LogP contribution < -0.4 is 10.6 Å². The normalized spacial score (nSPS) is 18.4. The summed E-state index contributed by atoms with van der Waals surface area (Å²) in [5.41, 5.74) is 1.25. The summed E-state index contributed by atoms with van der Waals surface area (Å²) >= 11 is 1.82. The molecule has 29 heavy (non-hydrogen) atoms. The van der Waals surface area contributed by atoms with Crippen LogP contribution in [-0.2, 0) is 4.79 Å². The minimum absolute atomic E-state index is 0. The molecule has 0 aliphatic carbocycles. The third kappa shape index (κ3) is 11.3. The summed E-state index contributed by atoms with van der Waals surface area (Å²) in [7, 11) is 0. The minimum Gasteiger partial charge on any atom is -0.355 e. The predicted octanol–water partition coefficient (Wildman–Crippen LogP) is 6.63. The van der Waals surface area contributed by atoms with E-state index in [1.165, 1.54) is 76.2 Å². The van der Waals surface area contributed by atoms with E-state index < -0.39 is 0 Å². The lowest BCUT2D eigenvalue weighted by Gasteiger charge is -2.13. The molecule has 2 rings (SSSR count). The Hall–Kier alpha value is -0.710. The first-order valence-corrected chi connectivity index (χ1v) is 12.6. The summed E-state index contributed by atoms with van der Waals surface area (Å²) in [5, 5.41) is 6.81. The Kier molecular flexibility index (Phi) is 15.5. The van der Waals surface area contributed by atoms with Gasteiger partial charge in [0.1, 0.15) is 0 Å². The zero-order valence-electron chi connectivity index (χ0n) is 18.2. The van der Waals surface area contributed by atoms with E-state index in [4.69, 9.17) is 0 Å². The van der Waals surface area contributed by atoms with Gasteiger partial charge in [0.25, 0.3) is 0 Å². The van der Waals surface area contributed by atoms with Gasteiger partial charge in [-0.2, -0.15) is 0 Å². The third-order valence-electron chi connectivity index (χ3n) is 5.53. The van der Waals surface area contributed by atoms with Crippen LogP contribution in [0, 0.1) is 0 Å². The van der Waals surface area contributed by atoms with Crippen LogP contribution in [0.3, 0.4) is 0 Å². The molecule has 0 bridgehead atoms. The van der Waals surface area contributed by atoms with Crippen molar-refractivity contribution in [1.29, 1.82) is 0 Å². The number of hydrogen-bond acceptors (Lipinski definition) is 3. The maximum atomic E-state index is 12.3. The SMILES string of the molecule is CCCCCCCCCCCCCCNC(=O)[C@H]1CSC(c2ccccc2)N1.Cl. The van der Waals surface area contributed by atoms with Gasteiger partial charge in [0.2, 0.25) is 5.91 Å². The van der Waals surface area contributed by atoms with Gasteiger partial charge in [0, 0.05) is 12.3 Å². The number of hydrogen-bond donors (Lipinski definition) is 2. The van der Waals surface area contributed by atoms with Gasteiger partial charge in [0.05, 0.1) is 11.4 Å². The summed E-state index contributed by atoms with van der Waals surface area (Å²) in [6, 6.07) is 10.3. The molecule has 1 saturated heterocycles. The van der Waals surface area contributed by atoms with Crippen molar-refractivity contribution < 1.29 is 4.79 Å². The highest BCUT2D eigenvalue weighted by atomic mass is 35.5. The summed E-state index contributed by atoms with van der Waals surface area (Å²) < 4.78 is 0. The highest BCUT2D eigenvalue weighted by molar-refractivity contribution is 7.99. The largest absolute Gasteiger partial charge is 0.355 e. The first-order valence-electron chi connectivity index (χ1n) is 11.5. The van der Waals surface area contributed by atoms with E-state index in [0.717, 1.165) is 18.7 Å². The average molecular weight is 441 g/mol. The monoisotopic (exact) mass is 440 g/mol. The molecule has 1 aliphatic heterocycles. The summed E-state index contributed by atoms with van der Waals surface area (Å²) in [6.07, 6.45) is 16.2. The molecule has 1 amide bonds. The van der Waals surface area contributed by atoms with Gasteiger partial charge in [-0.25, -0.2) is 0 Å². The van der Waals surface area contributed by atoms with Crippen molar-refractivity contribution in [2.24, 2.45) is 0 Å². The summed E-state index contributed by atoms with van der Waals surface area (Å²) in [6.45, 7) is 3.09. The quantitative estimate of drug-likeness (QED) is 0.301. The fourth-order valence-electron chi connectivity index (χ4n) is 3.74. The van der Waals surface area contributed by atoms with Gasteiger partial charge in [-0.3, -0.25) is 10.1 Å². The Morgan fingerprint density at radius 1 is 0.931 bits per heavy atom. The second-order valence-corrected chi connectivity index (χ2v) is 9.16. The zero-order chi connectivity index (χ0) is 19.9. The molecule has 1 aliphatic rings. The number of carbonyl (C=O) groups is 1. The van der Waals surface area contributed by atoms with E-state index in [2.05, 4.69) is 41.8 Å². The van der Waals surface area contributed by atoms with Crippen LogP contribution in [0.15, 0.2) is 30.3 Å². The van der Waals surface area contributed by atoms with Crippen LogP contribution in [0.4, 0.5) is 0 Å². The molecule has 0 spiro atoms. The highest BCUT2D eigenvalue weighted by Crippen LogP contribution is 2.32. The van der Waals surface area contributed by atoms with Crippen LogP contribution in [0.1, 0.15) is 94.9 Å². The van der Waals surface area contributed by atoms with Gasteiger partial charge in [-0.15, -0.1) is 24.2 Å². The summed E-state index contributed by atoms with van der Waals surface area (Å²) in [4.78, 5) is 12.3. The second-order valence-electron chi connectivity index (χ2n) is 8.02. The number of amides is 1. The van der Waals surface area contributed by atoms with Crippen LogP contribution in [0.25, 0.3) is 0 Å². The molecule has 1 unspecified atom stereocenters. The molecule has 1 fully saturated rings. The topological polar surface area (TPSA) is 41.1 Å². The smallest absolute Gasteiger partial charge is 0.238 e. The Morgan fingerprint density at radius 2 is 1.48 bits per heavy atom. The van der Waals surface area contributed by atoms with Crippen molar-refractivity contribution >= 4 is 30.1 Å². The molecule has 2 atom stereocenters. The number of benzene rings is 1. The summed E-state index contributed by atoms with van der Waals surface area (Å²) in [5.74, 6) is 1.01. The molecule has 2 N–H and O–H groups in total. The van der Waals surface area contributed by atoms with E-state index >= 15 is 0 Å². The molecular weight excluding hydrogens is 400 g/mol. The Bertz CT molecular complexity index is 529. The second kappa shape index (κ2) is 17.0. The van der Waals surface area contributed by atoms with Crippen molar-refractivity contribution in [3.63, 3.8) is 0 Å². The lowest BCUT2D eigenvalue weighted by Crippen LogP contribution is -2.42. The van der Waals surface area contributed by atoms with Crippen molar-refractivity contribution in [3.05, 3.63) is 35.9 Å². The Labute approximate surface area is 189 Å². The van der Waals surface area contributed by atoms with E-state index in [0.29, 0.717) is 0 Å². The van der Waals surface area contributed by atoms with Crippen molar-refractivity contribution in [3.8, 4) is 0 Å². The van der Waals surface area contributed by atoms with Gasteiger partial charge in [-0.05, 0) is 12.0 Å². The molecule has 1 aromatic carbocycles. The maximum absolute atomic E-state index is 12.3. The standard InChI is InChI=1S/C24H40N2OS.ClH/c1-2-3-4-5-6-7-8-9-10-11-12-16-19-25-23(27)22-20-28-24(26-22)21-17-14-13-15-18-21;/h13-15,17-18,22,24,26H,2-12,16,19-20H2,1H3,(H,25,27);1H/t22-,24?;/m1./s1. The van der Waals surface area contributed by atoms with Crippen molar-refractivity contribution in [1.82, 2.24) is 10.6 Å². The molecule has 0 saturated carbocycles.